The lowest BCUT2D eigenvalue weighted by Gasteiger charge is -2.25. The van der Waals surface area contributed by atoms with Crippen LogP contribution in [0, 0.1) is 5.92 Å². The van der Waals surface area contributed by atoms with Crippen molar-refractivity contribution in [3.63, 3.8) is 0 Å². The van der Waals surface area contributed by atoms with Crippen LogP contribution in [-0.4, -0.2) is 25.7 Å². The van der Waals surface area contributed by atoms with Gasteiger partial charge in [-0.3, -0.25) is 0 Å². The standard InChI is InChI=1S/C18H23NO5/c1-3-23-18(21)16(15(19)11-12-5-4-6-12)24-17(20)13-7-9-14(22-2)10-8-13/h7-10,12H,3-6,11,19H2,1-2H3/b16-15+. The fourth-order valence-corrected chi connectivity index (χ4v) is 2.41. The number of carbonyl (C=O) groups excluding carboxylic acids is 2. The summed E-state index contributed by atoms with van der Waals surface area (Å²) in [6.45, 7) is 1.86. The van der Waals surface area contributed by atoms with Gasteiger partial charge < -0.3 is 19.9 Å². The number of benzene rings is 1. The van der Waals surface area contributed by atoms with Crippen LogP contribution in [-0.2, 0) is 14.3 Å². The average molecular weight is 333 g/mol. The molecule has 0 radical (unpaired) electrons. The topological polar surface area (TPSA) is 87.8 Å². The zero-order valence-corrected chi connectivity index (χ0v) is 14.0. The average Bonchev–Trinajstić information content (AvgIpc) is 2.55. The van der Waals surface area contributed by atoms with Gasteiger partial charge in [0.25, 0.3) is 0 Å². The van der Waals surface area contributed by atoms with E-state index in [0.29, 0.717) is 23.7 Å². The molecule has 0 spiro atoms. The predicted molar refractivity (Wildman–Crippen MR) is 88.2 cm³/mol. The van der Waals surface area contributed by atoms with Gasteiger partial charge in [-0.1, -0.05) is 19.3 Å². The number of carbonyl (C=O) groups is 2. The Morgan fingerprint density at radius 3 is 2.38 bits per heavy atom. The number of rotatable bonds is 7. The minimum atomic E-state index is -0.712. The maximum Gasteiger partial charge on any atom is 0.376 e. The van der Waals surface area contributed by atoms with Crippen LogP contribution in [0.3, 0.4) is 0 Å². The third-order valence-electron chi connectivity index (χ3n) is 4.01. The van der Waals surface area contributed by atoms with Crippen molar-refractivity contribution >= 4 is 11.9 Å². The molecule has 0 saturated heterocycles. The lowest BCUT2D eigenvalue weighted by atomic mass is 9.82. The molecule has 1 fully saturated rings. The summed E-state index contributed by atoms with van der Waals surface area (Å²) in [6, 6.07) is 6.41. The highest BCUT2D eigenvalue weighted by Crippen LogP contribution is 2.32. The Kier molecular flexibility index (Phi) is 6.23. The van der Waals surface area contributed by atoms with Crippen molar-refractivity contribution in [3.05, 3.63) is 41.3 Å². The van der Waals surface area contributed by atoms with Crippen molar-refractivity contribution in [1.82, 2.24) is 0 Å². The Hall–Kier alpha value is -2.50. The van der Waals surface area contributed by atoms with Crippen molar-refractivity contribution in [2.24, 2.45) is 11.7 Å². The summed E-state index contributed by atoms with van der Waals surface area (Å²) < 4.78 is 15.3. The third kappa shape index (κ3) is 4.50. The number of nitrogens with two attached hydrogens (primary N) is 1. The Bertz CT molecular complexity index is 617. The highest BCUT2D eigenvalue weighted by atomic mass is 16.6. The molecule has 6 heteroatoms. The molecule has 0 amide bonds. The molecule has 2 N–H and O–H groups in total. The molecule has 0 aromatic heterocycles. The highest BCUT2D eigenvalue weighted by Gasteiger charge is 2.25. The maximum atomic E-state index is 12.3. The van der Waals surface area contributed by atoms with E-state index in [1.807, 2.05) is 0 Å². The Morgan fingerprint density at radius 2 is 1.88 bits per heavy atom. The van der Waals surface area contributed by atoms with Crippen LogP contribution >= 0.6 is 0 Å². The van der Waals surface area contributed by atoms with E-state index in [4.69, 9.17) is 19.9 Å². The van der Waals surface area contributed by atoms with Crippen molar-refractivity contribution in [1.29, 1.82) is 0 Å². The number of methoxy groups -OCH3 is 1. The largest absolute Gasteiger partial charge is 0.497 e. The van der Waals surface area contributed by atoms with Crippen LogP contribution < -0.4 is 10.5 Å². The highest BCUT2D eigenvalue weighted by molar-refractivity contribution is 5.96. The molecule has 24 heavy (non-hydrogen) atoms. The molecule has 1 aliphatic carbocycles. The smallest absolute Gasteiger partial charge is 0.376 e. The van der Waals surface area contributed by atoms with Crippen LogP contribution in [0.25, 0.3) is 0 Å². The first-order valence-corrected chi connectivity index (χ1v) is 8.07. The van der Waals surface area contributed by atoms with E-state index in [2.05, 4.69) is 0 Å². The van der Waals surface area contributed by atoms with Gasteiger partial charge in [0.2, 0.25) is 5.76 Å². The van der Waals surface area contributed by atoms with Crippen LogP contribution in [0.2, 0.25) is 0 Å². The molecule has 0 atom stereocenters. The molecule has 1 saturated carbocycles. The quantitative estimate of drug-likeness (QED) is 0.469. The van der Waals surface area contributed by atoms with E-state index < -0.39 is 11.9 Å². The number of ether oxygens (including phenoxy) is 3. The Morgan fingerprint density at radius 1 is 1.21 bits per heavy atom. The summed E-state index contributed by atoms with van der Waals surface area (Å²) in [6.07, 6.45) is 3.84. The van der Waals surface area contributed by atoms with Crippen molar-refractivity contribution in [3.8, 4) is 5.75 Å². The minimum Gasteiger partial charge on any atom is -0.497 e. The van der Waals surface area contributed by atoms with Gasteiger partial charge in [-0.25, -0.2) is 9.59 Å². The van der Waals surface area contributed by atoms with E-state index in [-0.39, 0.29) is 18.1 Å². The van der Waals surface area contributed by atoms with Crippen molar-refractivity contribution in [2.45, 2.75) is 32.6 Å². The fourth-order valence-electron chi connectivity index (χ4n) is 2.41. The van der Waals surface area contributed by atoms with Gasteiger partial charge >= 0.3 is 11.9 Å². The number of hydrogen-bond acceptors (Lipinski definition) is 6. The third-order valence-corrected chi connectivity index (χ3v) is 4.01. The monoisotopic (exact) mass is 333 g/mol. The minimum absolute atomic E-state index is 0.180. The number of esters is 2. The summed E-state index contributed by atoms with van der Waals surface area (Å²) in [5.41, 5.74) is 6.58. The summed E-state index contributed by atoms with van der Waals surface area (Å²) in [4.78, 5) is 24.4. The molecular weight excluding hydrogens is 310 g/mol. The number of allylic oxidation sites excluding steroid dienone is 1. The molecule has 0 heterocycles. The van der Waals surface area contributed by atoms with Gasteiger partial charge in [0.05, 0.1) is 25.0 Å². The molecule has 0 bridgehead atoms. The second-order valence-electron chi connectivity index (χ2n) is 5.69. The van der Waals surface area contributed by atoms with Crippen LogP contribution in [0.15, 0.2) is 35.7 Å². The van der Waals surface area contributed by atoms with E-state index in [1.165, 1.54) is 13.5 Å². The molecular formula is C18H23NO5. The van der Waals surface area contributed by atoms with Crippen LogP contribution in [0.5, 0.6) is 5.75 Å². The number of hydrogen-bond donors (Lipinski definition) is 1. The lowest BCUT2D eigenvalue weighted by Crippen LogP contribution is -2.22. The van der Waals surface area contributed by atoms with E-state index in [9.17, 15) is 9.59 Å². The van der Waals surface area contributed by atoms with Gasteiger partial charge in [0.15, 0.2) is 0 Å². The Labute approximate surface area is 141 Å². The molecule has 1 aliphatic rings. The second kappa shape index (κ2) is 8.38. The zero-order chi connectivity index (χ0) is 17.5. The van der Waals surface area contributed by atoms with Gasteiger partial charge in [0, 0.05) is 0 Å². The summed E-state index contributed by atoms with van der Waals surface area (Å²) in [5.74, 6) is -0.510. The fraction of sp³-hybridized carbons (Fsp3) is 0.444. The second-order valence-corrected chi connectivity index (χ2v) is 5.69. The molecule has 1 aromatic rings. The van der Waals surface area contributed by atoms with Crippen molar-refractivity contribution < 1.29 is 23.8 Å². The van der Waals surface area contributed by atoms with Gasteiger partial charge in [-0.05, 0) is 43.5 Å². The maximum absolute atomic E-state index is 12.3. The van der Waals surface area contributed by atoms with Gasteiger partial charge in [0.1, 0.15) is 5.75 Å². The SMILES string of the molecule is CCOC(=O)/C(OC(=O)c1ccc(OC)cc1)=C(\N)CC1CCC1. The molecule has 1 aromatic carbocycles. The first kappa shape index (κ1) is 17.8. The van der Waals surface area contributed by atoms with E-state index in [0.717, 1.165) is 12.8 Å². The lowest BCUT2D eigenvalue weighted by molar-refractivity contribution is -0.141. The Balaban J connectivity index is 2.14. The molecule has 2 rings (SSSR count). The first-order valence-electron chi connectivity index (χ1n) is 8.07. The van der Waals surface area contributed by atoms with Gasteiger partial charge in [-0.2, -0.15) is 0 Å². The molecule has 0 unspecified atom stereocenters. The summed E-state index contributed by atoms with van der Waals surface area (Å²) in [7, 11) is 1.54. The molecule has 0 aliphatic heterocycles. The van der Waals surface area contributed by atoms with Crippen LogP contribution in [0.1, 0.15) is 43.0 Å². The molecule has 130 valence electrons. The summed E-state index contributed by atoms with van der Waals surface area (Å²) in [5, 5.41) is 0. The first-order chi connectivity index (χ1) is 11.5. The normalized spacial score (nSPS) is 15.1. The van der Waals surface area contributed by atoms with Crippen LogP contribution in [0.4, 0.5) is 0 Å². The predicted octanol–water partition coefficient (Wildman–Crippen LogP) is 2.78. The molecule has 6 nitrogen and oxygen atoms in total. The summed E-state index contributed by atoms with van der Waals surface area (Å²) >= 11 is 0. The zero-order valence-electron chi connectivity index (χ0n) is 14.0. The van der Waals surface area contributed by atoms with E-state index in [1.54, 1.807) is 31.2 Å². The van der Waals surface area contributed by atoms with Gasteiger partial charge in [-0.15, -0.1) is 0 Å². The van der Waals surface area contributed by atoms with E-state index >= 15 is 0 Å². The van der Waals surface area contributed by atoms with Crippen molar-refractivity contribution in [2.75, 3.05) is 13.7 Å².